The van der Waals surface area contributed by atoms with E-state index in [9.17, 15) is 36.2 Å². The van der Waals surface area contributed by atoms with Crippen molar-refractivity contribution in [3.63, 3.8) is 0 Å². The van der Waals surface area contributed by atoms with Gasteiger partial charge >= 0.3 is 18.3 Å². The monoisotopic (exact) mass is 481 g/mol. The Morgan fingerprint density at radius 3 is 2.09 bits per heavy atom. The maximum atomic E-state index is 13.0. The van der Waals surface area contributed by atoms with Gasteiger partial charge in [-0.15, -0.1) is 0 Å². The molecule has 3 nitrogen and oxygen atoms in total. The van der Waals surface area contributed by atoms with Crippen molar-refractivity contribution in [3.8, 4) is 0 Å². The zero-order valence-electron chi connectivity index (χ0n) is 19.3. The lowest BCUT2D eigenvalue weighted by atomic mass is 9.81. The fourth-order valence-corrected chi connectivity index (χ4v) is 4.55. The van der Waals surface area contributed by atoms with Gasteiger partial charge in [0.2, 0.25) is 0 Å². The van der Waals surface area contributed by atoms with Crippen LogP contribution < -0.4 is 0 Å². The molecule has 1 aromatic rings. The highest BCUT2D eigenvalue weighted by Crippen LogP contribution is 2.41. The number of hydrogen-bond donors (Lipinski definition) is 1. The summed E-state index contributed by atoms with van der Waals surface area (Å²) < 4.78 is 78.2. The third-order valence-corrected chi connectivity index (χ3v) is 6.30. The van der Waals surface area contributed by atoms with Crippen molar-refractivity contribution in [1.29, 1.82) is 0 Å². The van der Waals surface area contributed by atoms with Gasteiger partial charge in [0.1, 0.15) is 0 Å². The van der Waals surface area contributed by atoms with Crippen molar-refractivity contribution in [2.45, 2.75) is 90.2 Å². The summed E-state index contributed by atoms with van der Waals surface area (Å²) in [6.45, 7) is 6.46. The second-order valence-corrected chi connectivity index (χ2v) is 10.3. The molecule has 0 unspecified atom stereocenters. The first-order valence-corrected chi connectivity index (χ1v) is 11.3. The molecule has 0 aromatic heterocycles. The highest BCUT2D eigenvalue weighted by molar-refractivity contribution is 5.67. The van der Waals surface area contributed by atoms with Crippen molar-refractivity contribution in [2.24, 2.45) is 11.3 Å². The van der Waals surface area contributed by atoms with Gasteiger partial charge in [-0.2, -0.15) is 26.3 Å². The standard InChI is InChI=1S/C24H33F6NO2/c1-22(2,3)11-8-19(9-12-23(25,26)27)31-13-10-16(15-21(32)33)14-20(31)17-4-6-18(7-5-17)24(28,29)30/h4-7,16,19-20H,8-15H2,1-3H3,(H,32,33)/t16-,19-,20+/m1/s1. The minimum Gasteiger partial charge on any atom is -0.481 e. The van der Waals surface area contributed by atoms with Crippen molar-refractivity contribution < 1.29 is 36.2 Å². The maximum Gasteiger partial charge on any atom is 0.416 e. The van der Waals surface area contributed by atoms with E-state index in [1.54, 1.807) is 0 Å². The maximum absolute atomic E-state index is 13.0. The van der Waals surface area contributed by atoms with Crippen LogP contribution in [0.1, 0.15) is 82.9 Å². The number of carboxylic acids is 1. The molecule has 3 atom stereocenters. The Morgan fingerprint density at radius 2 is 1.61 bits per heavy atom. The third kappa shape index (κ3) is 9.18. The molecule has 9 heteroatoms. The summed E-state index contributed by atoms with van der Waals surface area (Å²) in [5.74, 6) is -1.14. The van der Waals surface area contributed by atoms with Gasteiger partial charge in [0, 0.05) is 24.9 Å². The molecule has 1 aliphatic heterocycles. The summed E-state index contributed by atoms with van der Waals surface area (Å²) in [7, 11) is 0. The number of halogens is 6. The van der Waals surface area contributed by atoms with E-state index in [2.05, 4.69) is 0 Å². The van der Waals surface area contributed by atoms with E-state index in [-0.39, 0.29) is 24.2 Å². The Kier molecular flexibility index (Phi) is 8.87. The van der Waals surface area contributed by atoms with E-state index in [0.717, 1.165) is 12.1 Å². The minimum atomic E-state index is -4.49. The quantitative estimate of drug-likeness (QED) is 0.392. The van der Waals surface area contributed by atoms with Crippen LogP contribution in [0.4, 0.5) is 26.3 Å². The topological polar surface area (TPSA) is 40.5 Å². The summed E-state index contributed by atoms with van der Waals surface area (Å²) in [5.41, 5.74) is -0.301. The van der Waals surface area contributed by atoms with Gasteiger partial charge in [-0.1, -0.05) is 32.9 Å². The summed E-state index contributed by atoms with van der Waals surface area (Å²) in [6.07, 6.45) is -7.75. The van der Waals surface area contributed by atoms with Crippen molar-refractivity contribution in [1.82, 2.24) is 4.90 Å². The summed E-state index contributed by atoms with van der Waals surface area (Å²) in [6, 6.07) is 3.87. The molecule has 1 N–H and O–H groups in total. The number of hydrogen-bond acceptors (Lipinski definition) is 2. The number of carboxylic acid groups (broad SMARTS) is 1. The Morgan fingerprint density at radius 1 is 1.03 bits per heavy atom. The zero-order valence-corrected chi connectivity index (χ0v) is 19.3. The van der Waals surface area contributed by atoms with Crippen LogP contribution in [0.3, 0.4) is 0 Å². The van der Waals surface area contributed by atoms with Gasteiger partial charge in [0.05, 0.1) is 5.56 Å². The number of benzene rings is 1. The fourth-order valence-electron chi connectivity index (χ4n) is 4.55. The van der Waals surface area contributed by atoms with E-state index in [1.165, 1.54) is 12.1 Å². The third-order valence-electron chi connectivity index (χ3n) is 6.30. The van der Waals surface area contributed by atoms with E-state index >= 15 is 0 Å². The number of aliphatic carboxylic acids is 1. The molecule has 0 amide bonds. The van der Waals surface area contributed by atoms with Gasteiger partial charge in [0.25, 0.3) is 0 Å². The predicted molar refractivity (Wildman–Crippen MR) is 114 cm³/mol. The summed E-state index contributed by atoms with van der Waals surface area (Å²) >= 11 is 0. The molecule has 0 aliphatic carbocycles. The van der Waals surface area contributed by atoms with E-state index in [1.807, 2.05) is 25.7 Å². The van der Waals surface area contributed by atoms with E-state index < -0.39 is 42.4 Å². The van der Waals surface area contributed by atoms with Crippen LogP contribution in [0.2, 0.25) is 0 Å². The van der Waals surface area contributed by atoms with Gasteiger partial charge in [-0.3, -0.25) is 9.69 Å². The molecule has 188 valence electrons. The van der Waals surface area contributed by atoms with Gasteiger partial charge < -0.3 is 5.11 Å². The van der Waals surface area contributed by atoms with Gasteiger partial charge in [-0.05, 0) is 67.7 Å². The second-order valence-electron chi connectivity index (χ2n) is 10.3. The Hall–Kier alpha value is -1.77. The van der Waals surface area contributed by atoms with E-state index in [4.69, 9.17) is 0 Å². The fraction of sp³-hybridized carbons (Fsp3) is 0.708. The minimum absolute atomic E-state index is 0.0693. The lowest BCUT2D eigenvalue weighted by molar-refractivity contribution is -0.142. The first-order valence-electron chi connectivity index (χ1n) is 11.3. The molecule has 1 aliphatic rings. The Labute approximate surface area is 191 Å². The first kappa shape index (κ1) is 27.5. The molecule has 0 radical (unpaired) electrons. The molecule has 0 saturated carbocycles. The molecule has 0 spiro atoms. The van der Waals surface area contributed by atoms with Crippen molar-refractivity contribution in [3.05, 3.63) is 35.4 Å². The average Bonchev–Trinajstić information content (AvgIpc) is 2.66. The lowest BCUT2D eigenvalue weighted by Crippen LogP contribution is -2.44. The number of nitrogens with zero attached hydrogens (tertiary/aromatic N) is 1. The van der Waals surface area contributed by atoms with Gasteiger partial charge in [0.15, 0.2) is 0 Å². The molecular formula is C24H33F6NO2. The van der Waals surface area contributed by atoms with Crippen molar-refractivity contribution >= 4 is 5.97 Å². The zero-order chi connectivity index (χ0) is 25.0. The van der Waals surface area contributed by atoms with Crippen LogP contribution in [-0.4, -0.2) is 34.7 Å². The number of alkyl halides is 6. The highest BCUT2D eigenvalue weighted by Gasteiger charge is 2.38. The Balaban J connectivity index is 2.35. The van der Waals surface area contributed by atoms with Crippen LogP contribution in [0, 0.1) is 11.3 Å². The lowest BCUT2D eigenvalue weighted by Gasteiger charge is -2.45. The van der Waals surface area contributed by atoms with E-state index in [0.29, 0.717) is 37.8 Å². The summed E-state index contributed by atoms with van der Waals surface area (Å²) in [4.78, 5) is 13.2. The molecule has 1 saturated heterocycles. The second kappa shape index (κ2) is 10.7. The van der Waals surface area contributed by atoms with Crippen LogP contribution in [0.5, 0.6) is 0 Å². The molecule has 33 heavy (non-hydrogen) atoms. The number of rotatable bonds is 8. The highest BCUT2D eigenvalue weighted by atomic mass is 19.4. The molecule has 0 bridgehead atoms. The smallest absolute Gasteiger partial charge is 0.416 e. The van der Waals surface area contributed by atoms with Crippen LogP contribution in [0.25, 0.3) is 0 Å². The number of carbonyl (C=O) groups is 1. The predicted octanol–water partition coefficient (Wildman–Crippen LogP) is 7.47. The largest absolute Gasteiger partial charge is 0.481 e. The molecule has 1 aromatic carbocycles. The summed E-state index contributed by atoms with van der Waals surface area (Å²) in [5, 5.41) is 9.21. The van der Waals surface area contributed by atoms with Crippen LogP contribution >= 0.6 is 0 Å². The number of likely N-dealkylation sites (tertiary alicyclic amines) is 1. The molecular weight excluding hydrogens is 448 g/mol. The van der Waals surface area contributed by atoms with Crippen LogP contribution in [-0.2, 0) is 11.0 Å². The van der Waals surface area contributed by atoms with Gasteiger partial charge in [-0.25, -0.2) is 0 Å². The van der Waals surface area contributed by atoms with Crippen molar-refractivity contribution in [2.75, 3.05) is 6.54 Å². The number of piperidine rings is 1. The molecule has 1 fully saturated rings. The SMILES string of the molecule is CC(C)(C)CC[C@H](CCC(F)(F)F)N1CC[C@@H](CC(=O)O)C[C@H]1c1ccc(C(F)(F)F)cc1. The van der Waals surface area contributed by atoms with Crippen LogP contribution in [0.15, 0.2) is 24.3 Å². The first-order chi connectivity index (χ1) is 15.0. The Bertz CT molecular complexity index is 749. The molecule has 2 rings (SSSR count). The molecule has 1 heterocycles. The normalized spacial score (nSPS) is 21.7. The average molecular weight is 482 g/mol.